The molecule has 0 spiro atoms. The lowest BCUT2D eigenvalue weighted by molar-refractivity contribution is -0.146. The fourth-order valence-electron chi connectivity index (χ4n) is 3.64. The highest BCUT2D eigenvalue weighted by molar-refractivity contribution is 8.00. The normalized spacial score (nSPS) is 36.5. The van der Waals surface area contributed by atoms with Crippen LogP contribution in [0.2, 0.25) is 0 Å². The van der Waals surface area contributed by atoms with Gasteiger partial charge in [-0.25, -0.2) is 0 Å². The van der Waals surface area contributed by atoms with E-state index in [1.165, 1.54) is 32.1 Å². The molecule has 4 heteroatoms. The summed E-state index contributed by atoms with van der Waals surface area (Å²) in [5, 5.41) is 14.5. The number of aliphatic carboxylic acids is 1. The summed E-state index contributed by atoms with van der Waals surface area (Å²) < 4.78 is 0. The van der Waals surface area contributed by atoms with E-state index in [2.05, 4.69) is 17.1 Å². The highest BCUT2D eigenvalue weighted by Gasteiger charge is 2.46. The summed E-state index contributed by atoms with van der Waals surface area (Å²) >= 11 is 2.09. The number of hydrogen-bond donors (Lipinski definition) is 2. The van der Waals surface area contributed by atoms with Crippen LogP contribution in [0.3, 0.4) is 0 Å². The third-order valence-electron chi connectivity index (χ3n) is 4.86. The molecule has 2 N–H and O–H groups in total. The van der Waals surface area contributed by atoms with Crippen molar-refractivity contribution in [2.45, 2.75) is 86.3 Å². The van der Waals surface area contributed by atoms with Gasteiger partial charge >= 0.3 is 5.97 Å². The second kappa shape index (κ2) is 5.65. The zero-order valence-corrected chi connectivity index (χ0v) is 12.4. The predicted molar refractivity (Wildman–Crippen MR) is 78.6 cm³/mol. The molecular formula is C15H25NO2S. The molecule has 3 saturated carbocycles. The first kappa shape index (κ1) is 13.7. The first-order valence-corrected chi connectivity index (χ1v) is 8.79. The monoisotopic (exact) mass is 283 g/mol. The summed E-state index contributed by atoms with van der Waals surface area (Å²) in [6, 6.07) is 0.478. The number of nitrogens with one attached hydrogen (secondary N) is 1. The third kappa shape index (κ3) is 3.27. The van der Waals surface area contributed by atoms with Crippen molar-refractivity contribution in [2.24, 2.45) is 0 Å². The van der Waals surface area contributed by atoms with E-state index >= 15 is 0 Å². The maximum Gasteiger partial charge on any atom is 0.323 e. The number of rotatable bonds is 5. The molecule has 0 saturated heterocycles. The SMILES string of the molecule is O=C(O)C1(NC2CC2)CCCC(SC2CCCC2)C1. The van der Waals surface area contributed by atoms with Crippen LogP contribution in [0.1, 0.15) is 64.2 Å². The molecule has 3 aliphatic carbocycles. The molecule has 3 rings (SSSR count). The van der Waals surface area contributed by atoms with E-state index in [0.29, 0.717) is 11.3 Å². The van der Waals surface area contributed by atoms with Crippen LogP contribution in [0.4, 0.5) is 0 Å². The van der Waals surface area contributed by atoms with Crippen molar-refractivity contribution in [1.29, 1.82) is 0 Å². The average Bonchev–Trinajstić information content (AvgIpc) is 3.03. The number of carboxylic acids is 1. The molecule has 2 atom stereocenters. The van der Waals surface area contributed by atoms with E-state index in [-0.39, 0.29) is 0 Å². The van der Waals surface area contributed by atoms with Crippen molar-refractivity contribution in [1.82, 2.24) is 5.32 Å². The summed E-state index contributed by atoms with van der Waals surface area (Å²) in [6.07, 6.45) is 11.7. The van der Waals surface area contributed by atoms with Crippen LogP contribution < -0.4 is 5.32 Å². The van der Waals surface area contributed by atoms with Crippen molar-refractivity contribution in [3.63, 3.8) is 0 Å². The smallest absolute Gasteiger partial charge is 0.323 e. The first-order chi connectivity index (χ1) is 9.18. The number of carbonyl (C=O) groups is 1. The number of thioether (sulfide) groups is 1. The minimum absolute atomic E-state index is 0.478. The molecular weight excluding hydrogens is 258 g/mol. The van der Waals surface area contributed by atoms with E-state index in [4.69, 9.17) is 0 Å². The minimum Gasteiger partial charge on any atom is -0.480 e. The van der Waals surface area contributed by atoms with Gasteiger partial charge in [-0.05, 0) is 51.4 Å². The van der Waals surface area contributed by atoms with Crippen LogP contribution in [0.25, 0.3) is 0 Å². The summed E-state index contributed by atoms with van der Waals surface area (Å²) in [5.74, 6) is -0.615. The Morgan fingerprint density at radius 3 is 2.37 bits per heavy atom. The van der Waals surface area contributed by atoms with E-state index in [0.717, 1.165) is 37.4 Å². The maximum atomic E-state index is 11.8. The first-order valence-electron chi connectivity index (χ1n) is 7.84. The number of hydrogen-bond acceptors (Lipinski definition) is 3. The molecule has 0 bridgehead atoms. The van der Waals surface area contributed by atoms with Crippen molar-refractivity contribution in [2.75, 3.05) is 0 Å². The van der Waals surface area contributed by atoms with Gasteiger partial charge in [0.2, 0.25) is 0 Å². The van der Waals surface area contributed by atoms with Gasteiger partial charge in [0.1, 0.15) is 5.54 Å². The minimum atomic E-state index is -0.615. The Bertz CT molecular complexity index is 339. The largest absolute Gasteiger partial charge is 0.480 e. The molecule has 0 radical (unpaired) electrons. The Hall–Kier alpha value is -0.220. The lowest BCUT2D eigenvalue weighted by atomic mass is 9.81. The van der Waals surface area contributed by atoms with Crippen molar-refractivity contribution in [3.8, 4) is 0 Å². The van der Waals surface area contributed by atoms with Gasteiger partial charge in [-0.1, -0.05) is 12.8 Å². The van der Waals surface area contributed by atoms with Crippen LogP contribution in [0.5, 0.6) is 0 Å². The van der Waals surface area contributed by atoms with E-state index < -0.39 is 11.5 Å². The molecule has 2 unspecified atom stereocenters. The molecule has 0 aromatic heterocycles. The van der Waals surface area contributed by atoms with Crippen molar-refractivity contribution in [3.05, 3.63) is 0 Å². The van der Waals surface area contributed by atoms with Crippen LogP contribution in [0.15, 0.2) is 0 Å². The van der Waals surface area contributed by atoms with Gasteiger partial charge in [0.05, 0.1) is 0 Å². The van der Waals surface area contributed by atoms with E-state index in [9.17, 15) is 9.90 Å². The Morgan fingerprint density at radius 1 is 1.05 bits per heavy atom. The summed E-state index contributed by atoms with van der Waals surface area (Å²) in [5.41, 5.74) is -0.615. The molecule has 0 amide bonds. The van der Waals surface area contributed by atoms with Crippen molar-refractivity contribution >= 4 is 17.7 Å². The Labute approximate surface area is 119 Å². The standard InChI is InChI=1S/C15H25NO2S/c17-14(18)15(16-11-7-8-11)9-3-6-13(10-15)19-12-4-1-2-5-12/h11-13,16H,1-10H2,(H,17,18). The van der Waals surface area contributed by atoms with E-state index in [1.807, 2.05) is 0 Å². The molecule has 3 aliphatic rings. The molecule has 19 heavy (non-hydrogen) atoms. The van der Waals surface area contributed by atoms with Gasteiger partial charge in [0.25, 0.3) is 0 Å². The maximum absolute atomic E-state index is 11.8. The zero-order valence-electron chi connectivity index (χ0n) is 11.6. The molecule has 108 valence electrons. The van der Waals surface area contributed by atoms with Crippen LogP contribution in [-0.2, 0) is 4.79 Å². The molecule has 0 aromatic carbocycles. The molecule has 3 fully saturated rings. The predicted octanol–water partition coefficient (Wildman–Crippen LogP) is 3.18. The zero-order chi connectivity index (χ0) is 13.3. The van der Waals surface area contributed by atoms with Crippen LogP contribution >= 0.6 is 11.8 Å². The summed E-state index contributed by atoms with van der Waals surface area (Å²) in [7, 11) is 0. The van der Waals surface area contributed by atoms with E-state index in [1.54, 1.807) is 0 Å². The molecule has 0 aliphatic heterocycles. The highest BCUT2D eigenvalue weighted by atomic mass is 32.2. The topological polar surface area (TPSA) is 49.3 Å². The Balaban J connectivity index is 1.61. The van der Waals surface area contributed by atoms with Gasteiger partial charge in [-0.15, -0.1) is 0 Å². The lowest BCUT2D eigenvalue weighted by Crippen LogP contribution is -2.56. The highest BCUT2D eigenvalue weighted by Crippen LogP contribution is 2.42. The number of carboxylic acid groups (broad SMARTS) is 1. The lowest BCUT2D eigenvalue weighted by Gasteiger charge is -2.39. The summed E-state index contributed by atoms with van der Waals surface area (Å²) in [4.78, 5) is 11.8. The quantitative estimate of drug-likeness (QED) is 0.813. The van der Waals surface area contributed by atoms with Crippen LogP contribution in [-0.4, -0.2) is 33.2 Å². The molecule has 0 heterocycles. The third-order valence-corrected chi connectivity index (χ3v) is 6.50. The molecule has 0 aromatic rings. The molecule has 3 nitrogen and oxygen atoms in total. The second-order valence-electron chi connectivity index (χ2n) is 6.57. The fraction of sp³-hybridized carbons (Fsp3) is 0.933. The van der Waals surface area contributed by atoms with Gasteiger partial charge in [-0.2, -0.15) is 11.8 Å². The van der Waals surface area contributed by atoms with Crippen molar-refractivity contribution < 1.29 is 9.90 Å². The van der Waals surface area contributed by atoms with Gasteiger partial charge in [0.15, 0.2) is 0 Å². The Morgan fingerprint density at radius 2 is 1.74 bits per heavy atom. The Kier molecular flexibility index (Phi) is 4.08. The van der Waals surface area contributed by atoms with Gasteiger partial charge in [-0.3, -0.25) is 10.1 Å². The average molecular weight is 283 g/mol. The van der Waals surface area contributed by atoms with Gasteiger partial charge < -0.3 is 5.11 Å². The van der Waals surface area contributed by atoms with Crippen LogP contribution in [0, 0.1) is 0 Å². The van der Waals surface area contributed by atoms with Gasteiger partial charge in [0, 0.05) is 16.5 Å². The summed E-state index contributed by atoms with van der Waals surface area (Å²) in [6.45, 7) is 0. The fourth-order valence-corrected chi connectivity index (χ4v) is 5.48. The second-order valence-corrected chi connectivity index (χ2v) is 8.17.